The van der Waals surface area contributed by atoms with Crippen molar-refractivity contribution in [2.75, 3.05) is 4.90 Å². The second-order valence-electron chi connectivity index (χ2n) is 9.08. The summed E-state index contributed by atoms with van der Waals surface area (Å²) in [5.41, 5.74) is 2.60. The molecule has 28 heavy (non-hydrogen) atoms. The average molecular weight is 382 g/mol. The molecule has 1 saturated heterocycles. The van der Waals surface area contributed by atoms with Gasteiger partial charge in [-0.15, -0.1) is 0 Å². The van der Waals surface area contributed by atoms with Gasteiger partial charge in [0.25, 0.3) is 0 Å². The van der Waals surface area contributed by atoms with Gasteiger partial charge in [-0.3, -0.25) is 14.4 Å². The number of rotatable bonds is 5. The topological polar surface area (TPSA) is 54.5 Å². The van der Waals surface area contributed by atoms with Crippen LogP contribution in [0.3, 0.4) is 0 Å². The number of imide groups is 1. The second-order valence-corrected chi connectivity index (χ2v) is 9.08. The van der Waals surface area contributed by atoms with Crippen molar-refractivity contribution in [3.63, 3.8) is 0 Å². The second kappa shape index (κ2) is 8.02. The minimum absolute atomic E-state index is 0.0162. The van der Waals surface area contributed by atoms with Crippen LogP contribution in [0.5, 0.6) is 0 Å². The lowest BCUT2D eigenvalue weighted by Crippen LogP contribution is -2.34. The van der Waals surface area contributed by atoms with E-state index in [9.17, 15) is 14.4 Å². The molecule has 0 bridgehead atoms. The maximum Gasteiger partial charge on any atom is 0.238 e. The van der Waals surface area contributed by atoms with Crippen LogP contribution in [0.1, 0.15) is 71.8 Å². The van der Waals surface area contributed by atoms with Gasteiger partial charge in [0.2, 0.25) is 11.8 Å². The molecule has 0 unspecified atom stereocenters. The number of nitrogens with zero attached hydrogens (tertiary/aromatic N) is 1. The number of benzene rings is 1. The van der Waals surface area contributed by atoms with E-state index in [2.05, 4.69) is 27.7 Å². The number of hydrogen-bond acceptors (Lipinski definition) is 3. The third-order valence-electron chi connectivity index (χ3n) is 5.93. The lowest BCUT2D eigenvalue weighted by atomic mass is 9.77. The fraction of sp³-hybridized carbons (Fsp3) is 0.542. The zero-order valence-corrected chi connectivity index (χ0v) is 17.5. The molecule has 2 amide bonds. The molecule has 1 fully saturated rings. The first-order valence-electron chi connectivity index (χ1n) is 10.4. The molecule has 1 aromatic carbocycles. The number of ketones is 1. The van der Waals surface area contributed by atoms with E-state index in [1.807, 2.05) is 24.3 Å². The Morgan fingerprint density at radius 3 is 2.46 bits per heavy atom. The van der Waals surface area contributed by atoms with Crippen molar-refractivity contribution in [3.05, 3.63) is 41.5 Å². The molecule has 0 spiro atoms. The summed E-state index contributed by atoms with van der Waals surface area (Å²) >= 11 is 0. The Morgan fingerprint density at radius 1 is 1.11 bits per heavy atom. The highest BCUT2D eigenvalue weighted by Crippen LogP contribution is 2.41. The molecular formula is C24H31NO3. The van der Waals surface area contributed by atoms with Gasteiger partial charge in [-0.1, -0.05) is 57.9 Å². The van der Waals surface area contributed by atoms with E-state index in [-0.39, 0.29) is 41.3 Å². The maximum absolute atomic E-state index is 13.4. The van der Waals surface area contributed by atoms with Crippen molar-refractivity contribution in [1.29, 1.82) is 0 Å². The number of carbonyl (C=O) groups excluding carboxylic acids is 3. The van der Waals surface area contributed by atoms with E-state index in [1.165, 1.54) is 4.90 Å². The van der Waals surface area contributed by atoms with Crippen molar-refractivity contribution in [2.24, 2.45) is 11.8 Å². The van der Waals surface area contributed by atoms with Crippen molar-refractivity contribution < 1.29 is 14.4 Å². The summed E-state index contributed by atoms with van der Waals surface area (Å²) in [5.74, 6) is -0.473. The molecular weight excluding hydrogens is 350 g/mol. The van der Waals surface area contributed by atoms with Crippen LogP contribution in [0.2, 0.25) is 0 Å². The number of carbonyl (C=O) groups is 3. The molecule has 0 radical (unpaired) electrons. The van der Waals surface area contributed by atoms with Gasteiger partial charge in [0.1, 0.15) is 0 Å². The first-order valence-corrected chi connectivity index (χ1v) is 10.4. The molecule has 4 nitrogen and oxygen atoms in total. The van der Waals surface area contributed by atoms with Gasteiger partial charge in [0, 0.05) is 12.8 Å². The van der Waals surface area contributed by atoms with Gasteiger partial charge >= 0.3 is 0 Å². The van der Waals surface area contributed by atoms with E-state index in [0.29, 0.717) is 12.1 Å². The zero-order chi connectivity index (χ0) is 20.5. The number of hydrogen-bond donors (Lipinski definition) is 0. The summed E-state index contributed by atoms with van der Waals surface area (Å²) in [5, 5.41) is 0. The number of allylic oxidation sites excluding steroid dienone is 2. The third-order valence-corrected chi connectivity index (χ3v) is 5.93. The van der Waals surface area contributed by atoms with Crippen LogP contribution in [0.4, 0.5) is 5.69 Å². The van der Waals surface area contributed by atoms with Gasteiger partial charge in [0.15, 0.2) is 5.78 Å². The van der Waals surface area contributed by atoms with E-state index in [0.717, 1.165) is 36.8 Å². The Labute approximate surface area is 168 Å². The Balaban J connectivity index is 1.96. The van der Waals surface area contributed by atoms with Gasteiger partial charge in [0.05, 0.1) is 11.6 Å². The maximum atomic E-state index is 13.4. The standard InChI is InChI=1S/C24H31NO3/c1-5-9-18(16-10-8-11-17(26)14-16)19-15-22(27)25(23(19)28)21-13-7-6-12-20(21)24(2,3)4/h6-7,12-14,18-19H,5,8-11,15H2,1-4H3/t18-,19+/m0/s1. The van der Waals surface area contributed by atoms with Crippen LogP contribution in [0.15, 0.2) is 35.9 Å². The first kappa shape index (κ1) is 20.5. The van der Waals surface area contributed by atoms with Crippen LogP contribution in [-0.2, 0) is 19.8 Å². The summed E-state index contributed by atoms with van der Waals surface area (Å²) in [6.07, 6.45) is 6.01. The summed E-state index contributed by atoms with van der Waals surface area (Å²) in [4.78, 5) is 39.7. The number of anilines is 1. The van der Waals surface area contributed by atoms with E-state index >= 15 is 0 Å². The third kappa shape index (κ3) is 3.96. The smallest absolute Gasteiger partial charge is 0.238 e. The lowest BCUT2D eigenvalue weighted by molar-refractivity contribution is -0.123. The van der Waals surface area contributed by atoms with Gasteiger partial charge in [-0.25, -0.2) is 4.90 Å². The van der Waals surface area contributed by atoms with Gasteiger partial charge < -0.3 is 0 Å². The van der Waals surface area contributed by atoms with Crippen LogP contribution < -0.4 is 4.90 Å². The summed E-state index contributed by atoms with van der Waals surface area (Å²) in [6, 6.07) is 7.70. The summed E-state index contributed by atoms with van der Waals surface area (Å²) < 4.78 is 0. The van der Waals surface area contributed by atoms with E-state index in [1.54, 1.807) is 6.08 Å². The molecule has 2 aliphatic rings. The molecule has 150 valence electrons. The minimum Gasteiger partial charge on any atom is -0.295 e. The zero-order valence-electron chi connectivity index (χ0n) is 17.5. The normalized spacial score (nSPS) is 21.9. The van der Waals surface area contributed by atoms with Crippen molar-refractivity contribution in [3.8, 4) is 0 Å². The van der Waals surface area contributed by atoms with Crippen LogP contribution >= 0.6 is 0 Å². The highest BCUT2D eigenvalue weighted by atomic mass is 16.2. The molecule has 1 heterocycles. The van der Waals surface area contributed by atoms with Crippen LogP contribution in [0, 0.1) is 11.8 Å². The highest BCUT2D eigenvalue weighted by molar-refractivity contribution is 6.21. The molecule has 1 aliphatic carbocycles. The SMILES string of the molecule is CCC[C@@H](C1=CC(=O)CCC1)[C@H]1CC(=O)N(c2ccccc2C(C)(C)C)C1=O. The Bertz CT molecular complexity index is 815. The predicted octanol–water partition coefficient (Wildman–Crippen LogP) is 4.96. The van der Waals surface area contributed by atoms with Gasteiger partial charge in [-0.2, -0.15) is 0 Å². The van der Waals surface area contributed by atoms with Crippen LogP contribution in [0.25, 0.3) is 0 Å². The minimum atomic E-state index is -0.363. The molecule has 1 aliphatic heterocycles. The summed E-state index contributed by atoms with van der Waals surface area (Å²) in [7, 11) is 0. The molecule has 1 aromatic rings. The monoisotopic (exact) mass is 381 g/mol. The number of para-hydroxylation sites is 1. The average Bonchev–Trinajstić information content (AvgIpc) is 2.93. The van der Waals surface area contributed by atoms with Crippen molar-refractivity contribution in [1.82, 2.24) is 0 Å². The molecule has 3 rings (SSSR count). The molecule has 0 saturated carbocycles. The quantitative estimate of drug-likeness (QED) is 0.678. The predicted molar refractivity (Wildman–Crippen MR) is 111 cm³/mol. The van der Waals surface area contributed by atoms with E-state index < -0.39 is 0 Å². The Morgan fingerprint density at radius 2 is 1.82 bits per heavy atom. The Hall–Kier alpha value is -2.23. The highest BCUT2D eigenvalue weighted by Gasteiger charge is 2.45. The van der Waals surface area contributed by atoms with E-state index in [4.69, 9.17) is 0 Å². The largest absolute Gasteiger partial charge is 0.295 e. The van der Waals surface area contributed by atoms with Crippen LogP contribution in [-0.4, -0.2) is 17.6 Å². The van der Waals surface area contributed by atoms with Crippen molar-refractivity contribution >= 4 is 23.3 Å². The fourth-order valence-electron chi connectivity index (χ4n) is 4.59. The molecule has 2 atom stereocenters. The molecule has 0 aromatic heterocycles. The first-order chi connectivity index (χ1) is 13.2. The van der Waals surface area contributed by atoms with Crippen molar-refractivity contribution in [2.45, 2.75) is 71.6 Å². The number of amides is 2. The Kier molecular flexibility index (Phi) is 5.87. The van der Waals surface area contributed by atoms with Gasteiger partial charge in [-0.05, 0) is 48.3 Å². The fourth-order valence-corrected chi connectivity index (χ4v) is 4.59. The summed E-state index contributed by atoms with van der Waals surface area (Å²) in [6.45, 7) is 8.36. The lowest BCUT2D eigenvalue weighted by Gasteiger charge is -2.29. The molecule has 4 heteroatoms. The molecule has 0 N–H and O–H groups in total.